The van der Waals surface area contributed by atoms with Crippen molar-refractivity contribution in [1.29, 1.82) is 0 Å². The maximum Gasteiger partial charge on any atom is 0.0748 e. The van der Waals surface area contributed by atoms with Gasteiger partial charge in [0.15, 0.2) is 0 Å². The number of nitrogens with zero attached hydrogens (tertiary/aromatic N) is 2. The number of benzene rings is 1. The lowest BCUT2D eigenvalue weighted by atomic mass is 10.2. The molecule has 0 spiro atoms. The zero-order valence-corrected chi connectivity index (χ0v) is 9.67. The lowest BCUT2D eigenvalue weighted by Gasteiger charge is -2.27. The number of nitrogens with two attached hydrogens (primary N) is 1. The molecular formula is C9H14BrN3. The predicted octanol–water partition coefficient (Wildman–Crippen LogP) is 1.94. The molecule has 2 N–H and O–H groups in total. The molecule has 0 saturated carbocycles. The fraction of sp³-hybridized carbons (Fsp3) is 0.333. The Bertz CT molecular complexity index is 299. The van der Waals surface area contributed by atoms with Crippen LogP contribution in [0.4, 0.5) is 11.4 Å². The van der Waals surface area contributed by atoms with E-state index in [-0.39, 0.29) is 0 Å². The Hall–Kier alpha value is -0.740. The van der Waals surface area contributed by atoms with Crippen LogP contribution in [0, 0.1) is 0 Å². The fourth-order valence-electron chi connectivity index (χ4n) is 1.04. The van der Waals surface area contributed by atoms with Crippen molar-refractivity contribution in [2.75, 3.05) is 31.9 Å². The van der Waals surface area contributed by atoms with Crippen LogP contribution in [0.5, 0.6) is 0 Å². The second-order valence-electron chi connectivity index (χ2n) is 3.07. The van der Waals surface area contributed by atoms with Gasteiger partial charge < -0.3 is 10.7 Å². The van der Waals surface area contributed by atoms with Crippen LogP contribution in [0.3, 0.4) is 0 Å². The third-order valence-corrected chi connectivity index (χ3v) is 2.43. The smallest absolute Gasteiger partial charge is 0.0748 e. The molecule has 0 saturated heterocycles. The fourth-order valence-corrected chi connectivity index (χ4v) is 1.41. The maximum atomic E-state index is 5.86. The number of nitrogen functional groups attached to an aromatic ring is 1. The normalized spacial score (nSPS) is 10.5. The van der Waals surface area contributed by atoms with Crippen molar-refractivity contribution < 1.29 is 0 Å². The van der Waals surface area contributed by atoms with E-state index in [0.717, 1.165) is 15.8 Å². The van der Waals surface area contributed by atoms with E-state index in [9.17, 15) is 0 Å². The van der Waals surface area contributed by atoms with Crippen molar-refractivity contribution in [1.82, 2.24) is 5.01 Å². The Morgan fingerprint density at radius 3 is 2.31 bits per heavy atom. The van der Waals surface area contributed by atoms with Crippen molar-refractivity contribution in [2.45, 2.75) is 0 Å². The van der Waals surface area contributed by atoms with E-state index in [1.165, 1.54) is 0 Å². The summed E-state index contributed by atoms with van der Waals surface area (Å²) in [5.41, 5.74) is 7.64. The molecule has 0 radical (unpaired) electrons. The number of rotatable bonds is 2. The first kappa shape index (κ1) is 10.3. The summed E-state index contributed by atoms with van der Waals surface area (Å²) in [6.07, 6.45) is 0. The quantitative estimate of drug-likeness (QED) is 0.637. The summed E-state index contributed by atoms with van der Waals surface area (Å²) < 4.78 is 1.00. The molecule has 0 bridgehead atoms. The summed E-state index contributed by atoms with van der Waals surface area (Å²) in [5, 5.41) is 3.96. The van der Waals surface area contributed by atoms with Crippen LogP contribution < -0.4 is 10.7 Å². The van der Waals surface area contributed by atoms with Gasteiger partial charge in [-0.1, -0.05) is 15.9 Å². The Balaban J connectivity index is 3.01. The Kier molecular flexibility index (Phi) is 3.17. The van der Waals surface area contributed by atoms with Gasteiger partial charge in [0.1, 0.15) is 0 Å². The van der Waals surface area contributed by atoms with Gasteiger partial charge in [-0.2, -0.15) is 0 Å². The average molecular weight is 244 g/mol. The molecule has 0 aliphatic carbocycles. The third kappa shape index (κ3) is 2.35. The van der Waals surface area contributed by atoms with Crippen molar-refractivity contribution >= 4 is 27.3 Å². The molecule has 0 aliphatic heterocycles. The standard InChI is InChI=1S/C9H14BrN3/c1-12(2)13(3)9-5-4-7(10)6-8(9)11/h4-6H,11H2,1-3H3. The van der Waals surface area contributed by atoms with Gasteiger partial charge in [0.05, 0.1) is 11.4 Å². The van der Waals surface area contributed by atoms with E-state index in [0.29, 0.717) is 0 Å². The van der Waals surface area contributed by atoms with Crippen molar-refractivity contribution in [3.8, 4) is 0 Å². The van der Waals surface area contributed by atoms with Crippen molar-refractivity contribution in [3.05, 3.63) is 22.7 Å². The second kappa shape index (κ2) is 3.98. The average Bonchev–Trinajstić information content (AvgIpc) is 2.03. The molecular weight excluding hydrogens is 230 g/mol. The molecule has 0 heterocycles. The molecule has 72 valence electrons. The molecule has 0 unspecified atom stereocenters. The lowest BCUT2D eigenvalue weighted by Crippen LogP contribution is -2.33. The van der Waals surface area contributed by atoms with E-state index in [1.807, 2.05) is 49.4 Å². The summed E-state index contributed by atoms with van der Waals surface area (Å²) in [6, 6.07) is 5.86. The lowest BCUT2D eigenvalue weighted by molar-refractivity contribution is 0.398. The van der Waals surface area contributed by atoms with Crippen LogP contribution >= 0.6 is 15.9 Å². The van der Waals surface area contributed by atoms with Crippen molar-refractivity contribution in [3.63, 3.8) is 0 Å². The molecule has 0 aliphatic rings. The summed E-state index contributed by atoms with van der Waals surface area (Å²) >= 11 is 3.37. The Morgan fingerprint density at radius 2 is 1.85 bits per heavy atom. The molecule has 0 fully saturated rings. The zero-order valence-electron chi connectivity index (χ0n) is 8.08. The van der Waals surface area contributed by atoms with E-state index >= 15 is 0 Å². The first-order valence-electron chi connectivity index (χ1n) is 3.98. The molecule has 0 amide bonds. The van der Waals surface area contributed by atoms with Gasteiger partial charge in [0.25, 0.3) is 0 Å². The third-order valence-electron chi connectivity index (χ3n) is 1.94. The van der Waals surface area contributed by atoms with Gasteiger partial charge in [0.2, 0.25) is 0 Å². The van der Waals surface area contributed by atoms with Gasteiger partial charge in [-0.3, -0.25) is 0 Å². The topological polar surface area (TPSA) is 32.5 Å². The van der Waals surface area contributed by atoms with E-state index < -0.39 is 0 Å². The Labute approximate surface area is 87.2 Å². The van der Waals surface area contributed by atoms with E-state index in [1.54, 1.807) is 0 Å². The maximum absolute atomic E-state index is 5.86. The monoisotopic (exact) mass is 243 g/mol. The summed E-state index contributed by atoms with van der Waals surface area (Å²) in [4.78, 5) is 0. The number of hydrogen-bond donors (Lipinski definition) is 1. The molecule has 3 nitrogen and oxygen atoms in total. The minimum Gasteiger partial charge on any atom is -0.397 e. The highest BCUT2D eigenvalue weighted by molar-refractivity contribution is 9.10. The van der Waals surface area contributed by atoms with E-state index in [2.05, 4.69) is 15.9 Å². The SMILES string of the molecule is CN(C)N(C)c1ccc(Br)cc1N. The van der Waals surface area contributed by atoms with Gasteiger partial charge in [-0.05, 0) is 18.2 Å². The zero-order chi connectivity index (χ0) is 10.0. The van der Waals surface area contributed by atoms with Gasteiger partial charge in [-0.15, -0.1) is 0 Å². The summed E-state index contributed by atoms with van der Waals surface area (Å²) in [7, 11) is 5.92. The van der Waals surface area contributed by atoms with Crippen LogP contribution in [0.25, 0.3) is 0 Å². The summed E-state index contributed by atoms with van der Waals surface area (Å²) in [5.74, 6) is 0. The Morgan fingerprint density at radius 1 is 1.23 bits per heavy atom. The van der Waals surface area contributed by atoms with Crippen LogP contribution in [0.1, 0.15) is 0 Å². The largest absolute Gasteiger partial charge is 0.397 e. The van der Waals surface area contributed by atoms with Crippen LogP contribution in [0.15, 0.2) is 22.7 Å². The highest BCUT2D eigenvalue weighted by Crippen LogP contribution is 2.25. The number of anilines is 2. The molecule has 13 heavy (non-hydrogen) atoms. The van der Waals surface area contributed by atoms with Crippen molar-refractivity contribution in [2.24, 2.45) is 0 Å². The first-order chi connectivity index (χ1) is 6.02. The summed E-state index contributed by atoms with van der Waals surface area (Å²) in [6.45, 7) is 0. The first-order valence-corrected chi connectivity index (χ1v) is 4.77. The molecule has 4 heteroatoms. The predicted molar refractivity (Wildman–Crippen MR) is 60.6 cm³/mol. The van der Waals surface area contributed by atoms with Crippen LogP contribution in [-0.2, 0) is 0 Å². The van der Waals surface area contributed by atoms with Gasteiger partial charge >= 0.3 is 0 Å². The number of hydrazine groups is 1. The number of hydrogen-bond acceptors (Lipinski definition) is 3. The van der Waals surface area contributed by atoms with Crippen LogP contribution in [0.2, 0.25) is 0 Å². The second-order valence-corrected chi connectivity index (χ2v) is 3.99. The molecule has 0 aromatic heterocycles. The molecule has 1 aromatic carbocycles. The van der Waals surface area contributed by atoms with Gasteiger partial charge in [-0.25, -0.2) is 5.01 Å². The minimum atomic E-state index is 0.769. The van der Waals surface area contributed by atoms with E-state index in [4.69, 9.17) is 5.73 Å². The molecule has 0 atom stereocenters. The molecule has 1 aromatic rings. The van der Waals surface area contributed by atoms with Gasteiger partial charge in [0, 0.05) is 25.6 Å². The van der Waals surface area contributed by atoms with Crippen LogP contribution in [-0.4, -0.2) is 26.2 Å². The number of halogens is 1. The highest BCUT2D eigenvalue weighted by Gasteiger charge is 2.06. The minimum absolute atomic E-state index is 0.769. The molecule has 1 rings (SSSR count). The highest BCUT2D eigenvalue weighted by atomic mass is 79.9.